The Bertz CT molecular complexity index is 1080. The monoisotopic (exact) mass is 464 g/mol. The number of rotatable bonds is 5. The van der Waals surface area contributed by atoms with Gasteiger partial charge in [-0.05, 0) is 29.9 Å². The van der Waals surface area contributed by atoms with E-state index in [0.29, 0.717) is 64.3 Å². The lowest BCUT2D eigenvalue weighted by Crippen LogP contribution is -2.47. The quantitative estimate of drug-likeness (QED) is 0.581. The average Bonchev–Trinajstić information content (AvgIpc) is 3.55. The molecule has 0 saturated carbocycles. The third-order valence-electron chi connectivity index (χ3n) is 6.39. The number of nitrogens with zero attached hydrogens (tertiary/aromatic N) is 4. The predicted molar refractivity (Wildman–Crippen MR) is 127 cm³/mol. The highest BCUT2D eigenvalue weighted by molar-refractivity contribution is 7.13. The zero-order chi connectivity index (χ0) is 22.6. The second kappa shape index (κ2) is 9.89. The Morgan fingerprint density at radius 1 is 0.970 bits per heavy atom. The maximum atomic E-state index is 13.5. The maximum Gasteiger partial charge on any atom is 0.257 e. The number of amides is 2. The topological polar surface area (TPSA) is 67.7 Å². The van der Waals surface area contributed by atoms with Crippen LogP contribution in [0.3, 0.4) is 0 Å². The molecule has 3 aromatic rings. The summed E-state index contributed by atoms with van der Waals surface area (Å²) < 4.78 is 7.22. The van der Waals surface area contributed by atoms with Crippen LogP contribution in [-0.2, 0) is 16.1 Å². The van der Waals surface area contributed by atoms with Crippen LogP contribution in [0.5, 0.6) is 0 Å². The zero-order valence-electron chi connectivity index (χ0n) is 18.6. The van der Waals surface area contributed by atoms with Crippen molar-refractivity contribution in [3.8, 4) is 10.6 Å². The molecule has 2 saturated heterocycles. The molecule has 5 rings (SSSR count). The number of carbonyl (C=O) groups excluding carboxylic acids is 2. The van der Waals surface area contributed by atoms with Crippen LogP contribution in [0.25, 0.3) is 10.6 Å². The molecule has 0 N–H and O–H groups in total. The molecule has 0 aliphatic carbocycles. The lowest BCUT2D eigenvalue weighted by Gasteiger charge is -2.35. The number of piperidine rings is 1. The molecule has 2 aromatic heterocycles. The van der Waals surface area contributed by atoms with Gasteiger partial charge in [-0.3, -0.25) is 14.3 Å². The van der Waals surface area contributed by atoms with Crippen LogP contribution >= 0.6 is 11.3 Å². The van der Waals surface area contributed by atoms with Gasteiger partial charge in [-0.25, -0.2) is 0 Å². The fraction of sp³-hybridized carbons (Fsp3) is 0.400. The van der Waals surface area contributed by atoms with Crippen molar-refractivity contribution in [3.63, 3.8) is 0 Å². The summed E-state index contributed by atoms with van der Waals surface area (Å²) in [5.41, 5.74) is 2.50. The number of hydrogen-bond donors (Lipinski definition) is 0. The van der Waals surface area contributed by atoms with Crippen molar-refractivity contribution < 1.29 is 14.3 Å². The van der Waals surface area contributed by atoms with E-state index in [4.69, 9.17) is 9.84 Å². The van der Waals surface area contributed by atoms with Crippen molar-refractivity contribution in [2.24, 2.45) is 5.92 Å². The molecule has 172 valence electrons. The maximum absolute atomic E-state index is 13.5. The number of carbonyl (C=O) groups is 2. The number of ether oxygens (including phenoxy) is 1. The second-order valence-electron chi connectivity index (χ2n) is 8.56. The SMILES string of the molecule is O=C(c1cn(Cc2ccccc2)nc1-c1cccs1)N1CCC(C(=O)N2CCOCC2)CC1. The van der Waals surface area contributed by atoms with Crippen LogP contribution in [0, 0.1) is 5.92 Å². The number of likely N-dealkylation sites (tertiary alicyclic amines) is 1. The van der Waals surface area contributed by atoms with Crippen molar-refractivity contribution in [2.75, 3.05) is 39.4 Å². The predicted octanol–water partition coefficient (Wildman–Crippen LogP) is 3.37. The van der Waals surface area contributed by atoms with Gasteiger partial charge in [0.15, 0.2) is 0 Å². The van der Waals surface area contributed by atoms with Crippen LogP contribution in [-0.4, -0.2) is 70.8 Å². The van der Waals surface area contributed by atoms with Crippen molar-refractivity contribution in [2.45, 2.75) is 19.4 Å². The standard InChI is InChI=1S/C25H28N4O3S/c30-24(28-12-14-32-15-13-28)20-8-10-27(11-9-20)25(31)21-18-29(17-19-5-2-1-3-6-19)26-23(21)22-7-4-16-33-22/h1-7,16,18,20H,8-15,17H2. The summed E-state index contributed by atoms with van der Waals surface area (Å²) in [4.78, 5) is 31.1. The summed E-state index contributed by atoms with van der Waals surface area (Å²) in [6, 6.07) is 14.1. The molecule has 4 heterocycles. The van der Waals surface area contributed by atoms with Gasteiger partial charge in [0.25, 0.3) is 5.91 Å². The van der Waals surface area contributed by atoms with E-state index in [1.165, 1.54) is 0 Å². The van der Waals surface area contributed by atoms with Crippen molar-refractivity contribution in [1.29, 1.82) is 0 Å². The molecule has 8 heteroatoms. The van der Waals surface area contributed by atoms with E-state index in [1.54, 1.807) is 11.3 Å². The molecule has 1 aromatic carbocycles. The minimum atomic E-state index is -0.00952. The van der Waals surface area contributed by atoms with Gasteiger partial charge >= 0.3 is 0 Å². The number of benzene rings is 1. The smallest absolute Gasteiger partial charge is 0.257 e. The van der Waals surface area contributed by atoms with E-state index in [9.17, 15) is 9.59 Å². The van der Waals surface area contributed by atoms with E-state index in [-0.39, 0.29) is 17.7 Å². The molecule has 2 aliphatic rings. The Balaban J connectivity index is 1.30. The number of hydrogen-bond acceptors (Lipinski definition) is 5. The minimum Gasteiger partial charge on any atom is -0.378 e. The van der Waals surface area contributed by atoms with Gasteiger partial charge in [-0.15, -0.1) is 11.3 Å². The summed E-state index contributed by atoms with van der Waals surface area (Å²) >= 11 is 1.59. The molecule has 0 bridgehead atoms. The molecule has 2 fully saturated rings. The normalized spacial score (nSPS) is 17.3. The Morgan fingerprint density at radius 2 is 1.73 bits per heavy atom. The lowest BCUT2D eigenvalue weighted by atomic mass is 9.94. The van der Waals surface area contributed by atoms with E-state index in [1.807, 2.05) is 56.4 Å². The van der Waals surface area contributed by atoms with Gasteiger partial charge < -0.3 is 14.5 Å². The molecule has 0 spiro atoms. The lowest BCUT2D eigenvalue weighted by molar-refractivity contribution is -0.141. The van der Waals surface area contributed by atoms with E-state index < -0.39 is 0 Å². The Morgan fingerprint density at radius 3 is 2.42 bits per heavy atom. The van der Waals surface area contributed by atoms with Crippen molar-refractivity contribution >= 4 is 23.2 Å². The first-order chi connectivity index (χ1) is 16.2. The first-order valence-electron chi connectivity index (χ1n) is 11.5. The van der Waals surface area contributed by atoms with Crippen LogP contribution in [0.15, 0.2) is 54.0 Å². The minimum absolute atomic E-state index is 0.00465. The molecule has 0 atom stereocenters. The summed E-state index contributed by atoms with van der Waals surface area (Å²) in [6.45, 7) is 4.36. The molecular weight excluding hydrogens is 436 g/mol. The van der Waals surface area contributed by atoms with Crippen LogP contribution in [0.1, 0.15) is 28.8 Å². The van der Waals surface area contributed by atoms with E-state index in [0.717, 1.165) is 16.1 Å². The van der Waals surface area contributed by atoms with E-state index in [2.05, 4.69) is 12.1 Å². The summed E-state index contributed by atoms with van der Waals surface area (Å²) in [7, 11) is 0. The Kier molecular flexibility index (Phi) is 6.55. The zero-order valence-corrected chi connectivity index (χ0v) is 19.4. The molecule has 2 aliphatic heterocycles. The summed E-state index contributed by atoms with van der Waals surface area (Å²) in [5.74, 6) is 0.194. The highest BCUT2D eigenvalue weighted by atomic mass is 32.1. The molecular formula is C25H28N4O3S. The van der Waals surface area contributed by atoms with Crippen LogP contribution in [0.4, 0.5) is 0 Å². The summed E-state index contributed by atoms with van der Waals surface area (Å²) in [6.07, 6.45) is 3.28. The second-order valence-corrected chi connectivity index (χ2v) is 9.50. The third-order valence-corrected chi connectivity index (χ3v) is 7.26. The Hall–Kier alpha value is -2.97. The summed E-state index contributed by atoms with van der Waals surface area (Å²) in [5, 5.41) is 6.78. The van der Waals surface area contributed by atoms with E-state index >= 15 is 0 Å². The van der Waals surface area contributed by atoms with Gasteiger partial charge in [-0.2, -0.15) is 5.10 Å². The number of thiophene rings is 1. The van der Waals surface area contributed by atoms with Crippen LogP contribution in [0.2, 0.25) is 0 Å². The van der Waals surface area contributed by atoms with Gasteiger partial charge in [0.05, 0.1) is 30.2 Å². The third kappa shape index (κ3) is 4.86. The number of aromatic nitrogens is 2. The fourth-order valence-corrected chi connectivity index (χ4v) is 5.29. The van der Waals surface area contributed by atoms with Gasteiger partial charge in [-0.1, -0.05) is 36.4 Å². The first-order valence-corrected chi connectivity index (χ1v) is 12.4. The largest absolute Gasteiger partial charge is 0.378 e. The molecule has 7 nitrogen and oxygen atoms in total. The van der Waals surface area contributed by atoms with Crippen molar-refractivity contribution in [3.05, 3.63) is 65.2 Å². The first kappa shape index (κ1) is 21.9. The average molecular weight is 465 g/mol. The Labute approximate surface area is 197 Å². The molecule has 2 amide bonds. The number of morpholine rings is 1. The fourth-order valence-electron chi connectivity index (χ4n) is 4.57. The highest BCUT2D eigenvalue weighted by Crippen LogP contribution is 2.29. The molecule has 0 radical (unpaired) electrons. The highest BCUT2D eigenvalue weighted by Gasteiger charge is 2.32. The molecule has 33 heavy (non-hydrogen) atoms. The molecule has 0 unspecified atom stereocenters. The van der Waals surface area contributed by atoms with Crippen LogP contribution < -0.4 is 0 Å². The van der Waals surface area contributed by atoms with Gasteiger partial charge in [0, 0.05) is 38.3 Å². The van der Waals surface area contributed by atoms with Crippen molar-refractivity contribution in [1.82, 2.24) is 19.6 Å². The van der Waals surface area contributed by atoms with Gasteiger partial charge in [0.2, 0.25) is 5.91 Å². The van der Waals surface area contributed by atoms with Gasteiger partial charge in [0.1, 0.15) is 5.69 Å².